The van der Waals surface area contributed by atoms with Crippen molar-refractivity contribution < 1.29 is 4.42 Å². The van der Waals surface area contributed by atoms with Crippen LogP contribution in [-0.2, 0) is 5.41 Å². The molecule has 0 N–H and O–H groups in total. The molecule has 1 aromatic heterocycles. The summed E-state index contributed by atoms with van der Waals surface area (Å²) >= 11 is 0. The Kier molecular flexibility index (Phi) is 9.77. The molecular weight excluding hydrogens is 835 g/mol. The molecule has 0 aliphatic heterocycles. The molecular formula is C67H45NO. The van der Waals surface area contributed by atoms with Gasteiger partial charge in [0.2, 0.25) is 0 Å². The lowest BCUT2D eigenvalue weighted by Crippen LogP contribution is -2.28. The summed E-state index contributed by atoms with van der Waals surface area (Å²) in [5.74, 6) is 0. The van der Waals surface area contributed by atoms with Crippen LogP contribution >= 0.6 is 0 Å². The highest BCUT2D eigenvalue weighted by Gasteiger charge is 2.46. The van der Waals surface area contributed by atoms with Crippen LogP contribution in [0.25, 0.3) is 77.6 Å². The summed E-state index contributed by atoms with van der Waals surface area (Å²) < 4.78 is 6.31. The van der Waals surface area contributed by atoms with Crippen molar-refractivity contribution in [3.63, 3.8) is 0 Å². The molecule has 0 fully saturated rings. The van der Waals surface area contributed by atoms with E-state index in [0.717, 1.165) is 61.3 Å². The SMILES string of the molecule is c1ccc(-c2ccc(-c3cccc(N(c4ccc(-c5cccc6oc7ccccc7c56)cc4)c4cccc(-c5cccc6c5-c5ccccc5C6(c5ccccc5)c5ccccc5)c4)c3)cc2)cc1. The van der Waals surface area contributed by atoms with E-state index in [1.807, 2.05) is 12.1 Å². The molecule has 0 saturated heterocycles. The van der Waals surface area contributed by atoms with E-state index in [2.05, 4.69) is 266 Å². The molecule has 1 heterocycles. The molecule has 0 bridgehead atoms. The number of para-hydroxylation sites is 1. The Balaban J connectivity index is 0.965. The first-order valence-electron chi connectivity index (χ1n) is 23.7. The van der Waals surface area contributed by atoms with Crippen molar-refractivity contribution in [1.29, 1.82) is 0 Å². The minimum Gasteiger partial charge on any atom is -0.456 e. The van der Waals surface area contributed by atoms with E-state index in [9.17, 15) is 0 Å². The molecule has 12 aromatic rings. The first-order chi connectivity index (χ1) is 34.2. The Morgan fingerprint density at radius 1 is 0.290 bits per heavy atom. The first-order valence-corrected chi connectivity index (χ1v) is 23.7. The van der Waals surface area contributed by atoms with Gasteiger partial charge in [-0.3, -0.25) is 0 Å². The van der Waals surface area contributed by atoms with Crippen LogP contribution in [0, 0.1) is 0 Å². The molecule has 11 aromatic carbocycles. The maximum Gasteiger partial charge on any atom is 0.136 e. The number of anilines is 3. The monoisotopic (exact) mass is 879 g/mol. The maximum absolute atomic E-state index is 6.31. The van der Waals surface area contributed by atoms with Crippen LogP contribution in [0.4, 0.5) is 17.1 Å². The van der Waals surface area contributed by atoms with Gasteiger partial charge in [-0.05, 0) is 126 Å². The average molecular weight is 880 g/mol. The van der Waals surface area contributed by atoms with E-state index >= 15 is 0 Å². The van der Waals surface area contributed by atoms with Gasteiger partial charge in [0.15, 0.2) is 0 Å². The first kappa shape index (κ1) is 40.3. The second kappa shape index (κ2) is 16.7. The van der Waals surface area contributed by atoms with Crippen molar-refractivity contribution in [3.05, 3.63) is 295 Å². The molecule has 2 nitrogen and oxygen atoms in total. The minimum atomic E-state index is -0.483. The summed E-state index contributed by atoms with van der Waals surface area (Å²) in [6.45, 7) is 0. The molecule has 1 aliphatic rings. The quantitative estimate of drug-likeness (QED) is 0.144. The van der Waals surface area contributed by atoms with Crippen molar-refractivity contribution >= 4 is 39.0 Å². The Bertz CT molecular complexity index is 3780. The molecule has 69 heavy (non-hydrogen) atoms. The van der Waals surface area contributed by atoms with Crippen molar-refractivity contribution in [2.75, 3.05) is 4.90 Å². The van der Waals surface area contributed by atoms with Crippen molar-refractivity contribution in [3.8, 4) is 55.6 Å². The molecule has 0 unspecified atom stereocenters. The fourth-order valence-electron chi connectivity index (χ4n) is 11.1. The summed E-state index contributed by atoms with van der Waals surface area (Å²) in [4.78, 5) is 2.40. The predicted molar refractivity (Wildman–Crippen MR) is 287 cm³/mol. The highest BCUT2D eigenvalue weighted by atomic mass is 16.3. The number of rotatable bonds is 9. The summed E-state index contributed by atoms with van der Waals surface area (Å²) in [6.07, 6.45) is 0. The molecule has 324 valence electrons. The predicted octanol–water partition coefficient (Wildman–Crippen LogP) is 18.1. The summed E-state index contributed by atoms with van der Waals surface area (Å²) in [5, 5.41) is 2.26. The topological polar surface area (TPSA) is 16.4 Å². The van der Waals surface area contributed by atoms with E-state index in [0.29, 0.717) is 0 Å². The Hall–Kier alpha value is -8.98. The zero-order valence-electron chi connectivity index (χ0n) is 37.8. The van der Waals surface area contributed by atoms with Gasteiger partial charge in [-0.25, -0.2) is 0 Å². The van der Waals surface area contributed by atoms with Gasteiger partial charge in [-0.2, -0.15) is 0 Å². The van der Waals surface area contributed by atoms with Crippen molar-refractivity contribution in [2.24, 2.45) is 0 Å². The molecule has 0 amide bonds. The number of hydrogen-bond acceptors (Lipinski definition) is 2. The lowest BCUT2D eigenvalue weighted by atomic mass is 9.67. The lowest BCUT2D eigenvalue weighted by Gasteiger charge is -2.34. The van der Waals surface area contributed by atoms with Crippen LogP contribution in [-0.4, -0.2) is 0 Å². The van der Waals surface area contributed by atoms with Gasteiger partial charge in [0.05, 0.1) is 5.41 Å². The molecule has 0 saturated carbocycles. The lowest BCUT2D eigenvalue weighted by molar-refractivity contribution is 0.669. The van der Waals surface area contributed by atoms with Gasteiger partial charge in [-0.1, -0.05) is 224 Å². The average Bonchev–Trinajstić information content (AvgIpc) is 3.97. The zero-order chi connectivity index (χ0) is 45.7. The van der Waals surface area contributed by atoms with Crippen molar-refractivity contribution in [1.82, 2.24) is 0 Å². The summed E-state index contributed by atoms with van der Waals surface area (Å²) in [6, 6.07) is 99.2. The fourth-order valence-corrected chi connectivity index (χ4v) is 11.1. The highest BCUT2D eigenvalue weighted by Crippen LogP contribution is 2.58. The third-order valence-electron chi connectivity index (χ3n) is 14.2. The summed E-state index contributed by atoms with van der Waals surface area (Å²) in [7, 11) is 0. The van der Waals surface area contributed by atoms with E-state index in [1.54, 1.807) is 0 Å². The zero-order valence-corrected chi connectivity index (χ0v) is 37.8. The van der Waals surface area contributed by atoms with Crippen LogP contribution in [0.2, 0.25) is 0 Å². The van der Waals surface area contributed by atoms with Gasteiger partial charge in [0.1, 0.15) is 11.2 Å². The standard InChI is InChI=1S/C67H45NO/c1-4-18-46(19-5-1)47-36-38-48(39-37-47)50-20-14-26-55(44-50)68(54-42-40-49(41-43-54)57-31-17-35-64-66(57)60-29-11-13-34-63(60)69-64)56-27-15-21-51(45-56)58-30-16-33-62-65(58)59-28-10-12-32-61(59)67(62,52-22-6-2-7-23-52)53-24-8-3-9-25-53/h1-45H. The number of nitrogens with zero attached hydrogens (tertiary/aromatic N) is 1. The van der Waals surface area contributed by atoms with Gasteiger partial charge in [0, 0.05) is 27.8 Å². The normalized spacial score (nSPS) is 12.5. The Labute approximate surface area is 402 Å². The largest absolute Gasteiger partial charge is 0.456 e. The number of furan rings is 1. The van der Waals surface area contributed by atoms with Crippen LogP contribution in [0.3, 0.4) is 0 Å². The third kappa shape index (κ3) is 6.72. The van der Waals surface area contributed by atoms with Gasteiger partial charge < -0.3 is 9.32 Å². The number of fused-ring (bicyclic) bond motifs is 6. The van der Waals surface area contributed by atoms with E-state index < -0.39 is 5.41 Å². The minimum absolute atomic E-state index is 0.483. The van der Waals surface area contributed by atoms with E-state index in [1.165, 1.54) is 55.6 Å². The van der Waals surface area contributed by atoms with Crippen molar-refractivity contribution in [2.45, 2.75) is 5.41 Å². The van der Waals surface area contributed by atoms with Crippen LogP contribution in [0.1, 0.15) is 22.3 Å². The van der Waals surface area contributed by atoms with Crippen LogP contribution in [0.5, 0.6) is 0 Å². The van der Waals surface area contributed by atoms with Gasteiger partial charge in [-0.15, -0.1) is 0 Å². The van der Waals surface area contributed by atoms with Gasteiger partial charge >= 0.3 is 0 Å². The molecule has 13 rings (SSSR count). The maximum atomic E-state index is 6.31. The van der Waals surface area contributed by atoms with E-state index in [-0.39, 0.29) is 0 Å². The number of benzene rings is 11. The Morgan fingerprint density at radius 3 is 1.49 bits per heavy atom. The second-order valence-electron chi connectivity index (χ2n) is 18.0. The molecule has 0 spiro atoms. The molecule has 1 aliphatic carbocycles. The summed E-state index contributed by atoms with van der Waals surface area (Å²) in [5.41, 5.74) is 21.5. The molecule has 2 heteroatoms. The molecule has 0 atom stereocenters. The third-order valence-corrected chi connectivity index (χ3v) is 14.2. The highest BCUT2D eigenvalue weighted by molar-refractivity contribution is 6.12. The smallest absolute Gasteiger partial charge is 0.136 e. The van der Waals surface area contributed by atoms with Crippen LogP contribution in [0.15, 0.2) is 277 Å². The molecule has 0 radical (unpaired) electrons. The second-order valence-corrected chi connectivity index (χ2v) is 18.0. The number of hydrogen-bond donors (Lipinski definition) is 0. The van der Waals surface area contributed by atoms with Gasteiger partial charge in [0.25, 0.3) is 0 Å². The fraction of sp³-hybridized carbons (Fsp3) is 0.0149. The van der Waals surface area contributed by atoms with E-state index in [4.69, 9.17) is 4.42 Å². The van der Waals surface area contributed by atoms with Crippen LogP contribution < -0.4 is 4.90 Å². The Morgan fingerprint density at radius 2 is 0.768 bits per heavy atom.